The van der Waals surface area contributed by atoms with Crippen LogP contribution in [0.25, 0.3) is 0 Å². The summed E-state index contributed by atoms with van der Waals surface area (Å²) < 4.78 is 5.07. The Morgan fingerprint density at radius 3 is 2.70 bits per heavy atom. The molecule has 2 aromatic rings. The fourth-order valence-corrected chi connectivity index (χ4v) is 6.43. The van der Waals surface area contributed by atoms with Crippen molar-refractivity contribution in [1.82, 2.24) is 0 Å². The van der Waals surface area contributed by atoms with Crippen molar-refractivity contribution in [1.29, 1.82) is 0 Å². The summed E-state index contributed by atoms with van der Waals surface area (Å²) in [6.07, 6.45) is 4.74. The molecule has 1 aromatic carbocycles. The minimum Gasteiger partial charge on any atom is -0.461 e. The molecule has 3 N–H and O–H groups in total. The van der Waals surface area contributed by atoms with E-state index in [1.54, 1.807) is 6.07 Å². The molecule has 1 amide bonds. The zero-order chi connectivity index (χ0) is 24.0. The van der Waals surface area contributed by atoms with Crippen molar-refractivity contribution < 1.29 is 19.4 Å². The zero-order valence-corrected chi connectivity index (χ0v) is 21.1. The third kappa shape index (κ3) is 7.71. The molecule has 1 aliphatic carbocycles. The molecule has 0 spiro atoms. The smallest absolute Gasteiger partial charge is 0.348 e. The molecule has 0 bridgehead atoms. The van der Waals surface area contributed by atoms with Gasteiger partial charge in [-0.25, -0.2) is 4.79 Å². The van der Waals surface area contributed by atoms with Gasteiger partial charge in [0, 0.05) is 15.3 Å². The monoisotopic (exact) mass is 511 g/mol. The van der Waals surface area contributed by atoms with Crippen LogP contribution in [0.4, 0.5) is 0 Å². The van der Waals surface area contributed by atoms with E-state index in [1.165, 1.54) is 16.9 Å². The molecule has 0 saturated heterocycles. The maximum Gasteiger partial charge on any atom is 0.348 e. The van der Waals surface area contributed by atoms with Gasteiger partial charge in [-0.15, -0.1) is 22.9 Å². The van der Waals surface area contributed by atoms with Gasteiger partial charge in [-0.05, 0) is 92.7 Å². The lowest BCUT2D eigenvalue weighted by Gasteiger charge is -2.23. The number of alkyl halides is 1. The molecular weight excluding hydrogens is 481 g/mol. The minimum absolute atomic E-state index is 0.00133. The number of esters is 1. The predicted molar refractivity (Wildman–Crippen MR) is 133 cm³/mol. The first kappa shape index (κ1) is 26.0. The van der Waals surface area contributed by atoms with E-state index in [4.69, 9.17) is 33.7 Å². The number of aliphatic hydroxyl groups excluding tert-OH is 1. The van der Waals surface area contributed by atoms with E-state index in [9.17, 15) is 14.7 Å². The summed E-state index contributed by atoms with van der Waals surface area (Å²) in [7, 11) is 0. The second kappa shape index (κ2) is 12.2. The Kier molecular flexibility index (Phi) is 9.62. The highest BCUT2D eigenvalue weighted by atomic mass is 35.5. The van der Waals surface area contributed by atoms with Crippen LogP contribution in [0, 0.1) is 18.8 Å². The van der Waals surface area contributed by atoms with Crippen LogP contribution in [0.15, 0.2) is 30.3 Å². The summed E-state index contributed by atoms with van der Waals surface area (Å²) in [5.74, 6) is -0.486. The maximum absolute atomic E-state index is 12.1. The van der Waals surface area contributed by atoms with Gasteiger partial charge in [0.25, 0.3) is 0 Å². The lowest BCUT2D eigenvalue weighted by atomic mass is 9.85. The fraction of sp³-hybridized carbons (Fsp3) is 0.520. The van der Waals surface area contributed by atoms with Crippen LogP contribution in [0.2, 0.25) is 5.02 Å². The molecule has 4 atom stereocenters. The number of amides is 1. The van der Waals surface area contributed by atoms with Crippen molar-refractivity contribution >= 4 is 46.4 Å². The van der Waals surface area contributed by atoms with Gasteiger partial charge in [-0.1, -0.05) is 17.7 Å². The predicted octanol–water partition coefficient (Wildman–Crippen LogP) is 5.30. The molecule has 1 heterocycles. The SMILES string of the molecule is Cc1cc(Cl)cc(CCC2C(O)CC(Cl)C2CCCc2ccc(C(=O)OCCC(N)=O)s2)c1. The van der Waals surface area contributed by atoms with Crippen LogP contribution in [-0.4, -0.2) is 35.1 Å². The van der Waals surface area contributed by atoms with Gasteiger partial charge in [0.2, 0.25) is 5.91 Å². The topological polar surface area (TPSA) is 89.6 Å². The molecule has 1 saturated carbocycles. The van der Waals surface area contributed by atoms with E-state index in [0.29, 0.717) is 11.3 Å². The van der Waals surface area contributed by atoms with Gasteiger partial charge in [-0.3, -0.25) is 4.79 Å². The van der Waals surface area contributed by atoms with E-state index in [2.05, 4.69) is 6.07 Å². The molecular formula is C25H31Cl2NO4S. The number of rotatable bonds is 11. The van der Waals surface area contributed by atoms with Gasteiger partial charge >= 0.3 is 5.97 Å². The van der Waals surface area contributed by atoms with Crippen molar-refractivity contribution in [2.45, 2.75) is 63.4 Å². The quantitative estimate of drug-likeness (QED) is 0.316. The summed E-state index contributed by atoms with van der Waals surface area (Å²) in [5.41, 5.74) is 7.39. The van der Waals surface area contributed by atoms with Gasteiger partial charge in [0.1, 0.15) is 11.5 Å². The summed E-state index contributed by atoms with van der Waals surface area (Å²) >= 11 is 14.2. The maximum atomic E-state index is 12.1. The Morgan fingerprint density at radius 2 is 1.97 bits per heavy atom. The number of hydrogen-bond acceptors (Lipinski definition) is 5. The van der Waals surface area contributed by atoms with E-state index in [0.717, 1.165) is 47.6 Å². The van der Waals surface area contributed by atoms with E-state index in [1.807, 2.05) is 25.1 Å². The van der Waals surface area contributed by atoms with Crippen LogP contribution < -0.4 is 5.73 Å². The molecule has 1 fully saturated rings. The average molecular weight is 512 g/mol. The van der Waals surface area contributed by atoms with Gasteiger partial charge in [0.15, 0.2) is 0 Å². The highest BCUT2D eigenvalue weighted by Crippen LogP contribution is 2.41. The first-order chi connectivity index (χ1) is 15.7. The first-order valence-electron chi connectivity index (χ1n) is 11.3. The lowest BCUT2D eigenvalue weighted by Crippen LogP contribution is -2.21. The molecule has 180 valence electrons. The largest absolute Gasteiger partial charge is 0.461 e. The zero-order valence-electron chi connectivity index (χ0n) is 18.8. The van der Waals surface area contributed by atoms with E-state index >= 15 is 0 Å². The fourth-order valence-electron chi connectivity index (χ4n) is 4.67. The van der Waals surface area contributed by atoms with Gasteiger partial charge in [0.05, 0.1) is 12.5 Å². The van der Waals surface area contributed by atoms with Crippen molar-refractivity contribution in [3.63, 3.8) is 0 Å². The second-order valence-electron chi connectivity index (χ2n) is 8.83. The number of thiophene rings is 1. The van der Waals surface area contributed by atoms with Crippen LogP contribution in [0.5, 0.6) is 0 Å². The summed E-state index contributed by atoms with van der Waals surface area (Å²) in [4.78, 5) is 24.4. The minimum atomic E-state index is -0.495. The molecule has 1 aliphatic rings. The number of ether oxygens (including phenoxy) is 1. The Morgan fingerprint density at radius 1 is 1.18 bits per heavy atom. The van der Waals surface area contributed by atoms with Crippen LogP contribution in [-0.2, 0) is 22.4 Å². The standard InChI is InChI=1S/C25H31Cl2NO4S/c1-15-11-16(13-17(26)12-15)5-7-20-19(21(27)14-22(20)29)4-2-3-18-6-8-23(33-18)25(31)32-10-9-24(28)30/h6,8,11-13,19-22,29H,2-5,7,9-10,14H2,1H3,(H2,28,30). The molecule has 5 nitrogen and oxygen atoms in total. The normalized spacial score (nSPS) is 22.4. The van der Waals surface area contributed by atoms with Crippen LogP contribution in [0.1, 0.15) is 57.8 Å². The number of aliphatic hydroxyl groups is 1. The average Bonchev–Trinajstić information content (AvgIpc) is 3.30. The van der Waals surface area contributed by atoms with Crippen molar-refractivity contribution in [2.75, 3.05) is 6.61 Å². The Bertz CT molecular complexity index is 943. The molecule has 3 rings (SSSR count). The van der Waals surface area contributed by atoms with Gasteiger partial charge in [-0.2, -0.15) is 0 Å². The van der Waals surface area contributed by atoms with Crippen molar-refractivity contribution in [3.8, 4) is 0 Å². The molecule has 8 heteroatoms. The van der Waals surface area contributed by atoms with Gasteiger partial charge < -0.3 is 15.6 Å². The lowest BCUT2D eigenvalue weighted by molar-refractivity contribution is -0.118. The highest BCUT2D eigenvalue weighted by Gasteiger charge is 2.40. The number of hydrogen-bond donors (Lipinski definition) is 2. The molecule has 4 unspecified atom stereocenters. The van der Waals surface area contributed by atoms with Crippen LogP contribution >= 0.6 is 34.5 Å². The first-order valence-corrected chi connectivity index (χ1v) is 13.0. The van der Waals surface area contributed by atoms with Crippen molar-refractivity contribution in [3.05, 3.63) is 56.2 Å². The summed E-state index contributed by atoms with van der Waals surface area (Å²) in [5, 5.41) is 11.3. The van der Waals surface area contributed by atoms with Crippen LogP contribution in [0.3, 0.4) is 0 Å². The second-order valence-corrected chi connectivity index (χ2v) is 11.0. The number of primary amides is 1. The molecule has 0 aliphatic heterocycles. The number of carbonyl (C=O) groups is 2. The number of aryl methyl sites for hydroxylation is 3. The molecule has 33 heavy (non-hydrogen) atoms. The van der Waals surface area contributed by atoms with E-state index in [-0.39, 0.29) is 36.3 Å². The Hall–Kier alpha value is -1.60. The number of carbonyl (C=O) groups excluding carboxylic acids is 2. The Labute approximate surface area is 209 Å². The van der Waals surface area contributed by atoms with Crippen molar-refractivity contribution in [2.24, 2.45) is 17.6 Å². The number of halogens is 2. The molecule has 1 aromatic heterocycles. The summed E-state index contributed by atoms with van der Waals surface area (Å²) in [6, 6.07) is 9.79. The summed E-state index contributed by atoms with van der Waals surface area (Å²) in [6.45, 7) is 2.03. The third-order valence-corrected chi connectivity index (χ3v) is 8.09. The number of benzene rings is 1. The molecule has 0 radical (unpaired) electrons. The third-order valence-electron chi connectivity index (χ3n) is 6.25. The Balaban J connectivity index is 1.49. The van der Waals surface area contributed by atoms with E-state index < -0.39 is 11.9 Å². The highest BCUT2D eigenvalue weighted by molar-refractivity contribution is 7.13. The number of nitrogens with two attached hydrogens (primary N) is 1.